The summed E-state index contributed by atoms with van der Waals surface area (Å²) in [5.74, 6) is 0.865. The van der Waals surface area contributed by atoms with Crippen LogP contribution in [-0.4, -0.2) is 107 Å². The van der Waals surface area contributed by atoms with Crippen molar-refractivity contribution in [3.8, 4) is 0 Å². The molecular weight excluding hydrogens is 410 g/mol. The number of likely N-dealkylation sites (tertiary alicyclic amines) is 1. The van der Waals surface area contributed by atoms with Crippen LogP contribution in [0.25, 0.3) is 11.2 Å². The van der Waals surface area contributed by atoms with E-state index in [4.69, 9.17) is 21.1 Å². The molecule has 3 aliphatic rings. The standard InChI is InChI=1S/C19H26ClN7O3/c20-19-23-15-14(17(24-19)26-7-11-30-12-8-26)21-16(22-15)18(28)27-3-1-13(2-4-27)25-5-9-29-10-6-25/h13H,1-12H2,(H,21,22,23,24). The first kappa shape index (κ1) is 19.9. The third-order valence-corrected chi connectivity index (χ3v) is 6.30. The van der Waals surface area contributed by atoms with E-state index in [2.05, 4.69) is 29.7 Å². The van der Waals surface area contributed by atoms with E-state index >= 15 is 0 Å². The number of hydrogen-bond acceptors (Lipinski definition) is 8. The summed E-state index contributed by atoms with van der Waals surface area (Å²) < 4.78 is 10.9. The fourth-order valence-electron chi connectivity index (χ4n) is 4.49. The van der Waals surface area contributed by atoms with Crippen LogP contribution in [0, 0.1) is 0 Å². The molecule has 0 aliphatic carbocycles. The first-order valence-electron chi connectivity index (χ1n) is 10.6. The maximum absolute atomic E-state index is 13.1. The summed E-state index contributed by atoms with van der Waals surface area (Å²) in [6, 6.07) is 0.520. The highest BCUT2D eigenvalue weighted by Gasteiger charge is 2.30. The Hall–Kier alpha value is -2.01. The summed E-state index contributed by atoms with van der Waals surface area (Å²) in [4.78, 5) is 35.8. The van der Waals surface area contributed by atoms with Gasteiger partial charge in [-0.1, -0.05) is 0 Å². The molecule has 2 aromatic rings. The Balaban J connectivity index is 1.31. The lowest BCUT2D eigenvalue weighted by molar-refractivity contribution is 0.00147. The highest BCUT2D eigenvalue weighted by Crippen LogP contribution is 2.26. The predicted molar refractivity (Wildman–Crippen MR) is 111 cm³/mol. The summed E-state index contributed by atoms with van der Waals surface area (Å²) in [7, 11) is 0. The number of amides is 1. The first-order chi connectivity index (χ1) is 14.7. The van der Waals surface area contributed by atoms with E-state index < -0.39 is 0 Å². The molecule has 3 aliphatic heterocycles. The Morgan fingerprint density at radius 1 is 0.933 bits per heavy atom. The molecule has 0 spiro atoms. The third-order valence-electron chi connectivity index (χ3n) is 6.13. The number of fused-ring (bicyclic) bond motifs is 1. The summed E-state index contributed by atoms with van der Waals surface area (Å²) in [5.41, 5.74) is 1.07. The number of hydrogen-bond donors (Lipinski definition) is 1. The molecule has 3 saturated heterocycles. The van der Waals surface area contributed by atoms with E-state index in [9.17, 15) is 4.79 Å². The van der Waals surface area contributed by atoms with Crippen molar-refractivity contribution < 1.29 is 14.3 Å². The van der Waals surface area contributed by atoms with Gasteiger partial charge in [-0.3, -0.25) is 9.69 Å². The molecule has 0 bridgehead atoms. The molecule has 0 saturated carbocycles. The van der Waals surface area contributed by atoms with Crippen LogP contribution < -0.4 is 4.90 Å². The Morgan fingerprint density at radius 2 is 1.60 bits per heavy atom. The third kappa shape index (κ3) is 3.96. The van der Waals surface area contributed by atoms with E-state index in [1.807, 2.05) is 4.90 Å². The van der Waals surface area contributed by atoms with Gasteiger partial charge in [0.1, 0.15) is 5.52 Å². The number of nitrogens with one attached hydrogen (secondary N) is 1. The molecule has 0 atom stereocenters. The fraction of sp³-hybridized carbons (Fsp3) is 0.684. The number of ether oxygens (including phenoxy) is 2. The zero-order chi connectivity index (χ0) is 20.5. The lowest BCUT2D eigenvalue weighted by atomic mass is 10.0. The summed E-state index contributed by atoms with van der Waals surface area (Å²) in [5, 5.41) is 0.126. The van der Waals surface area contributed by atoms with Gasteiger partial charge >= 0.3 is 0 Å². The number of nitrogens with zero attached hydrogens (tertiary/aromatic N) is 6. The van der Waals surface area contributed by atoms with E-state index in [1.165, 1.54) is 0 Å². The Labute approximate surface area is 179 Å². The van der Waals surface area contributed by atoms with Gasteiger partial charge in [-0.15, -0.1) is 0 Å². The van der Waals surface area contributed by atoms with E-state index in [1.54, 1.807) is 0 Å². The van der Waals surface area contributed by atoms with Crippen LogP contribution in [0.15, 0.2) is 0 Å². The van der Waals surface area contributed by atoms with Gasteiger partial charge in [-0.05, 0) is 24.4 Å². The zero-order valence-electron chi connectivity index (χ0n) is 16.8. The minimum Gasteiger partial charge on any atom is -0.379 e. The van der Waals surface area contributed by atoms with Gasteiger partial charge < -0.3 is 24.3 Å². The monoisotopic (exact) mass is 435 g/mol. The minimum absolute atomic E-state index is 0.0996. The fourth-order valence-corrected chi connectivity index (χ4v) is 4.65. The van der Waals surface area contributed by atoms with Crippen molar-refractivity contribution in [2.75, 3.05) is 70.6 Å². The average molecular weight is 436 g/mol. The summed E-state index contributed by atoms with van der Waals surface area (Å²) in [6.45, 7) is 7.67. The van der Waals surface area contributed by atoms with Crippen molar-refractivity contribution in [2.45, 2.75) is 18.9 Å². The molecular formula is C19H26ClN7O3. The van der Waals surface area contributed by atoms with E-state index in [0.717, 1.165) is 52.2 Å². The summed E-state index contributed by atoms with van der Waals surface area (Å²) >= 11 is 6.13. The Bertz CT molecular complexity index is 903. The molecule has 0 unspecified atom stereocenters. The van der Waals surface area contributed by atoms with Gasteiger partial charge in [0, 0.05) is 45.3 Å². The second-order valence-corrected chi connectivity index (χ2v) is 8.21. The maximum Gasteiger partial charge on any atom is 0.289 e. The van der Waals surface area contributed by atoms with Gasteiger partial charge in [0.15, 0.2) is 17.3 Å². The Morgan fingerprint density at radius 3 is 2.30 bits per heavy atom. The largest absolute Gasteiger partial charge is 0.379 e. The molecule has 5 rings (SSSR count). The van der Waals surface area contributed by atoms with Crippen LogP contribution in [0.5, 0.6) is 0 Å². The predicted octanol–water partition coefficient (Wildman–Crippen LogP) is 0.780. The SMILES string of the molecule is O=C(c1nc2nc(Cl)nc(N3CCOCC3)c2[nH]1)N1CCC(N2CCOCC2)CC1. The van der Waals surface area contributed by atoms with Crippen molar-refractivity contribution in [1.29, 1.82) is 0 Å². The molecule has 1 amide bonds. The van der Waals surface area contributed by atoms with E-state index in [0.29, 0.717) is 55.2 Å². The second-order valence-electron chi connectivity index (χ2n) is 7.87. The van der Waals surface area contributed by atoms with Gasteiger partial charge in [0.2, 0.25) is 5.28 Å². The van der Waals surface area contributed by atoms with Crippen LogP contribution in [0.3, 0.4) is 0 Å². The molecule has 3 fully saturated rings. The number of carbonyl (C=O) groups is 1. The first-order valence-corrected chi connectivity index (χ1v) is 10.9. The van der Waals surface area contributed by atoms with Crippen LogP contribution in [0.4, 0.5) is 5.82 Å². The number of piperidine rings is 1. The molecule has 10 nitrogen and oxygen atoms in total. The van der Waals surface area contributed by atoms with Gasteiger partial charge in [0.05, 0.1) is 26.4 Å². The number of halogens is 1. The Kier molecular flexibility index (Phi) is 5.72. The molecule has 0 aromatic carbocycles. The topological polar surface area (TPSA) is 99.7 Å². The number of anilines is 1. The van der Waals surface area contributed by atoms with Crippen molar-refractivity contribution >= 4 is 34.5 Å². The van der Waals surface area contributed by atoms with Crippen LogP contribution in [-0.2, 0) is 9.47 Å². The number of morpholine rings is 2. The van der Waals surface area contributed by atoms with E-state index in [-0.39, 0.29) is 11.2 Å². The number of aromatic amines is 1. The zero-order valence-corrected chi connectivity index (χ0v) is 17.6. The molecule has 162 valence electrons. The number of H-pyrrole nitrogens is 1. The van der Waals surface area contributed by atoms with Crippen molar-refractivity contribution in [2.24, 2.45) is 0 Å². The molecule has 5 heterocycles. The highest BCUT2D eigenvalue weighted by atomic mass is 35.5. The molecule has 30 heavy (non-hydrogen) atoms. The van der Waals surface area contributed by atoms with Crippen molar-refractivity contribution in [3.05, 3.63) is 11.1 Å². The number of imidazole rings is 1. The minimum atomic E-state index is -0.0996. The molecule has 11 heteroatoms. The normalized spacial score (nSPS) is 22.0. The van der Waals surface area contributed by atoms with Gasteiger partial charge in [-0.2, -0.15) is 9.97 Å². The van der Waals surface area contributed by atoms with Crippen molar-refractivity contribution in [3.63, 3.8) is 0 Å². The quantitative estimate of drug-likeness (QED) is 0.706. The maximum atomic E-state index is 13.1. The van der Waals surface area contributed by atoms with Crippen LogP contribution in [0.2, 0.25) is 5.28 Å². The lowest BCUT2D eigenvalue weighted by Gasteiger charge is -2.39. The number of rotatable bonds is 3. The number of aromatic nitrogens is 4. The second kappa shape index (κ2) is 8.62. The highest BCUT2D eigenvalue weighted by molar-refractivity contribution is 6.28. The smallest absolute Gasteiger partial charge is 0.289 e. The number of carbonyl (C=O) groups excluding carboxylic acids is 1. The van der Waals surface area contributed by atoms with Gasteiger partial charge in [-0.25, -0.2) is 4.98 Å². The van der Waals surface area contributed by atoms with Crippen molar-refractivity contribution in [1.82, 2.24) is 29.7 Å². The molecule has 2 aromatic heterocycles. The van der Waals surface area contributed by atoms with Crippen LogP contribution in [0.1, 0.15) is 23.5 Å². The van der Waals surface area contributed by atoms with Gasteiger partial charge in [0.25, 0.3) is 5.91 Å². The average Bonchev–Trinajstić information content (AvgIpc) is 3.23. The molecule has 0 radical (unpaired) electrons. The lowest BCUT2D eigenvalue weighted by Crippen LogP contribution is -2.50. The van der Waals surface area contributed by atoms with Crippen LogP contribution >= 0.6 is 11.6 Å². The summed E-state index contributed by atoms with van der Waals surface area (Å²) in [6.07, 6.45) is 1.94. The molecule has 1 N–H and O–H groups in total.